The van der Waals surface area contributed by atoms with Crippen molar-refractivity contribution in [2.45, 2.75) is 53.8 Å². The van der Waals surface area contributed by atoms with Crippen molar-refractivity contribution in [2.75, 3.05) is 37.4 Å². The fourth-order valence-corrected chi connectivity index (χ4v) is 6.05. The van der Waals surface area contributed by atoms with Crippen LogP contribution in [0.1, 0.15) is 64.1 Å². The van der Waals surface area contributed by atoms with Crippen molar-refractivity contribution in [3.8, 4) is 11.5 Å². The number of methoxy groups -OCH3 is 1. The van der Waals surface area contributed by atoms with E-state index in [0.29, 0.717) is 76.7 Å². The molecule has 4 amide bonds. The van der Waals surface area contributed by atoms with E-state index in [1.54, 1.807) is 40.7 Å². The van der Waals surface area contributed by atoms with E-state index in [1.807, 2.05) is 19.1 Å². The van der Waals surface area contributed by atoms with Gasteiger partial charge in [0.05, 0.1) is 30.4 Å². The van der Waals surface area contributed by atoms with Crippen molar-refractivity contribution in [2.24, 2.45) is 27.9 Å². The molecule has 5 rings (SSSR count). The van der Waals surface area contributed by atoms with Crippen LogP contribution in [0.4, 0.5) is 11.9 Å². The van der Waals surface area contributed by atoms with E-state index in [4.69, 9.17) is 37.4 Å². The van der Waals surface area contributed by atoms with Gasteiger partial charge in [-0.2, -0.15) is 5.10 Å². The lowest BCUT2D eigenvalue weighted by Crippen LogP contribution is -2.24. The number of nitrogens with two attached hydrogens (primary N) is 4. The van der Waals surface area contributed by atoms with Crippen molar-refractivity contribution >= 4 is 63.3 Å². The van der Waals surface area contributed by atoms with E-state index in [0.717, 1.165) is 0 Å². The second kappa shape index (κ2) is 18.1. The molecule has 0 unspecified atom stereocenters. The number of imidazole rings is 2. The monoisotopic (exact) mass is 781 g/mol. The number of nitrogens with zero attached hydrogens (tertiary/aromatic N) is 7. The van der Waals surface area contributed by atoms with Gasteiger partial charge in [0.2, 0.25) is 23.7 Å². The Kier molecular flexibility index (Phi) is 13.0. The number of aliphatic imine (C=N–C) groups is 1. The highest BCUT2D eigenvalue weighted by atomic mass is 16.5. The van der Waals surface area contributed by atoms with Gasteiger partial charge in [0, 0.05) is 43.0 Å². The van der Waals surface area contributed by atoms with E-state index < -0.39 is 23.6 Å². The maximum atomic E-state index is 13.6. The maximum Gasteiger partial charge on any atom is 0.276 e. The number of allylic oxidation sites excluding steroid dienone is 3. The number of nitrogens with one attached hydrogen (secondary N) is 2. The average Bonchev–Trinajstić information content (AvgIpc) is 3.84. The average molecular weight is 782 g/mol. The molecule has 0 aliphatic heterocycles. The van der Waals surface area contributed by atoms with Gasteiger partial charge in [0.1, 0.15) is 33.9 Å². The van der Waals surface area contributed by atoms with Crippen molar-refractivity contribution in [3.05, 3.63) is 76.8 Å². The predicted octanol–water partition coefficient (Wildman–Crippen LogP) is 2.62. The lowest BCUT2D eigenvalue weighted by molar-refractivity contribution is -0.110. The number of hydrogen-bond acceptors (Lipinski definition) is 12. The molecule has 0 radical (unpaired) electrons. The van der Waals surface area contributed by atoms with E-state index in [2.05, 4.69) is 25.7 Å². The number of aromatic nitrogens is 6. The van der Waals surface area contributed by atoms with Crippen LogP contribution < -0.4 is 43.0 Å². The lowest BCUT2D eigenvalue weighted by Gasteiger charge is -2.13. The topological polar surface area (TPSA) is 281 Å². The summed E-state index contributed by atoms with van der Waals surface area (Å²) in [5.41, 5.74) is 26.3. The molecule has 0 aliphatic carbocycles. The second-order valence-corrected chi connectivity index (χ2v) is 12.8. The van der Waals surface area contributed by atoms with Crippen LogP contribution >= 0.6 is 0 Å². The van der Waals surface area contributed by atoms with Gasteiger partial charge in [-0.05, 0) is 77.1 Å². The summed E-state index contributed by atoms with van der Waals surface area (Å²) in [6, 6.07) is 7.73. The summed E-state index contributed by atoms with van der Waals surface area (Å²) in [4.78, 5) is 65.2. The number of carbonyl (C=O) groups is 4. The first kappa shape index (κ1) is 41.1. The normalized spacial score (nSPS) is 12.1. The van der Waals surface area contributed by atoms with Crippen LogP contribution in [0.3, 0.4) is 0 Å². The highest BCUT2D eigenvalue weighted by molar-refractivity contribution is 6.47. The zero-order valence-electron chi connectivity index (χ0n) is 32.5. The number of ether oxygens (including phenoxy) is 2. The first-order valence-corrected chi connectivity index (χ1v) is 18.1. The number of aryl methyl sites for hydroxylation is 2. The fraction of sp³-hybridized carbons (Fsp3) is 0.316. The van der Waals surface area contributed by atoms with Gasteiger partial charge < -0.3 is 41.5 Å². The minimum absolute atomic E-state index is 0.0964. The molecule has 5 aromatic rings. The number of primary amides is 2. The van der Waals surface area contributed by atoms with E-state index in [1.165, 1.54) is 37.5 Å². The Morgan fingerprint density at radius 1 is 0.860 bits per heavy atom. The summed E-state index contributed by atoms with van der Waals surface area (Å²) >= 11 is 0. The van der Waals surface area contributed by atoms with Crippen molar-refractivity contribution in [1.82, 2.24) is 28.9 Å². The third-order valence-electron chi connectivity index (χ3n) is 8.56. The number of anilines is 2. The van der Waals surface area contributed by atoms with Gasteiger partial charge in [-0.25, -0.2) is 9.97 Å². The zero-order chi connectivity index (χ0) is 41.4. The van der Waals surface area contributed by atoms with Gasteiger partial charge in [-0.3, -0.25) is 39.5 Å². The van der Waals surface area contributed by atoms with Crippen LogP contribution in [0.5, 0.6) is 11.5 Å². The Morgan fingerprint density at radius 3 is 1.96 bits per heavy atom. The largest absolute Gasteiger partial charge is 0.494 e. The number of benzene rings is 2. The van der Waals surface area contributed by atoms with Crippen LogP contribution in [0.2, 0.25) is 0 Å². The number of hydrogen-bond donors (Lipinski definition) is 6. The SMILES string of the molecule is CCN=C(/C=C(/C)N)C(=O)Nc1nc2cc(C(N)=O)cc(OC)c2n1C/C=C/Cn1c(NC(=O)c2cc(C)nn2CC)nc2cc(C(N)=O)cc(OCCCN)c21. The molecule has 3 aromatic heterocycles. The summed E-state index contributed by atoms with van der Waals surface area (Å²) in [6.45, 7) is 8.81. The van der Waals surface area contributed by atoms with Gasteiger partial charge in [-0.15, -0.1) is 0 Å². The molecule has 0 saturated heterocycles. The van der Waals surface area contributed by atoms with Crippen LogP contribution in [-0.4, -0.2) is 85.0 Å². The molecule has 19 nitrogen and oxygen atoms in total. The summed E-state index contributed by atoms with van der Waals surface area (Å²) in [7, 11) is 1.44. The molecular formula is C38H47N13O6. The Bertz CT molecular complexity index is 2430. The third-order valence-corrected chi connectivity index (χ3v) is 8.56. The van der Waals surface area contributed by atoms with Gasteiger partial charge in [0.15, 0.2) is 0 Å². The fourth-order valence-electron chi connectivity index (χ4n) is 6.05. The van der Waals surface area contributed by atoms with Gasteiger partial charge >= 0.3 is 0 Å². The Labute approximate surface area is 327 Å². The minimum atomic E-state index is -0.685. The van der Waals surface area contributed by atoms with E-state index >= 15 is 0 Å². The lowest BCUT2D eigenvalue weighted by atomic mass is 10.1. The van der Waals surface area contributed by atoms with E-state index in [9.17, 15) is 19.2 Å². The third kappa shape index (κ3) is 9.27. The molecule has 2 aromatic carbocycles. The highest BCUT2D eigenvalue weighted by Crippen LogP contribution is 2.33. The number of rotatable bonds is 18. The molecular weight excluding hydrogens is 735 g/mol. The predicted molar refractivity (Wildman–Crippen MR) is 217 cm³/mol. The van der Waals surface area contributed by atoms with Crippen molar-refractivity contribution in [1.29, 1.82) is 0 Å². The first-order valence-electron chi connectivity index (χ1n) is 18.1. The second-order valence-electron chi connectivity index (χ2n) is 12.8. The Balaban J connectivity index is 1.59. The van der Waals surface area contributed by atoms with E-state index in [-0.39, 0.29) is 48.4 Å². The van der Waals surface area contributed by atoms with Gasteiger partial charge in [-0.1, -0.05) is 12.2 Å². The molecule has 0 aliphatic rings. The molecule has 19 heteroatoms. The van der Waals surface area contributed by atoms with Crippen molar-refractivity contribution in [3.63, 3.8) is 0 Å². The molecule has 0 saturated carbocycles. The zero-order valence-corrected chi connectivity index (χ0v) is 32.5. The summed E-state index contributed by atoms with van der Waals surface area (Å²) in [5, 5.41) is 10.1. The summed E-state index contributed by atoms with van der Waals surface area (Å²) in [5.74, 6) is -1.47. The van der Waals surface area contributed by atoms with Crippen LogP contribution in [0, 0.1) is 6.92 Å². The van der Waals surface area contributed by atoms with Crippen molar-refractivity contribution < 1.29 is 28.7 Å². The van der Waals surface area contributed by atoms with Gasteiger partial charge in [0.25, 0.3) is 11.8 Å². The smallest absolute Gasteiger partial charge is 0.276 e. The number of fused-ring (bicyclic) bond motifs is 2. The standard InChI is InChI=1S/C38H47N13O6/c1-6-43-27(15-21(3)40)35(54)46-37-44-25-17-23(33(41)52)19-29(56-5)31(25)49(37)12-8-9-13-50-32-26(18-24(34(42)53)20-30(32)57-14-10-11-39)45-38(50)47-36(55)28-16-22(4)48-51(28)7-2/h8-9,15-20H,6-7,10-14,39-40H2,1-5H3,(H2,41,52)(H2,42,53)(H,44,46,54)(H,45,47,55)/b9-8+,21-15-,43-27?. The molecule has 0 bridgehead atoms. The molecule has 10 N–H and O–H groups in total. The summed E-state index contributed by atoms with van der Waals surface area (Å²) in [6.07, 6.45) is 5.62. The Hall–Kier alpha value is -7.02. The van der Waals surface area contributed by atoms with Crippen LogP contribution in [-0.2, 0) is 24.4 Å². The molecule has 57 heavy (non-hydrogen) atoms. The molecule has 3 heterocycles. The number of amides is 4. The minimum Gasteiger partial charge on any atom is -0.494 e. The number of carbonyl (C=O) groups excluding carboxylic acids is 4. The molecule has 0 spiro atoms. The Morgan fingerprint density at radius 2 is 1.44 bits per heavy atom. The first-order chi connectivity index (χ1) is 27.3. The quantitative estimate of drug-likeness (QED) is 0.0427. The molecule has 0 fully saturated rings. The van der Waals surface area contributed by atoms with Crippen LogP contribution in [0.15, 0.2) is 59.2 Å². The highest BCUT2D eigenvalue weighted by Gasteiger charge is 2.23. The molecule has 300 valence electrons. The molecule has 0 atom stereocenters. The van der Waals surface area contributed by atoms with Crippen LogP contribution in [0.25, 0.3) is 22.1 Å². The summed E-state index contributed by atoms with van der Waals surface area (Å²) < 4.78 is 16.7. The maximum absolute atomic E-state index is 13.6.